The maximum absolute atomic E-state index is 5.23. The largest absolute Gasteiger partial charge is 0.331 e. The molecule has 0 fully saturated rings. The molecular formula is C16H17N3S. The van der Waals surface area contributed by atoms with Crippen LogP contribution in [0.25, 0.3) is 0 Å². The van der Waals surface area contributed by atoms with E-state index in [1.54, 1.807) is 6.21 Å². The molecule has 0 amide bonds. The van der Waals surface area contributed by atoms with E-state index in [-0.39, 0.29) is 0 Å². The molecule has 20 heavy (non-hydrogen) atoms. The van der Waals surface area contributed by atoms with Crippen molar-refractivity contribution in [3.63, 3.8) is 0 Å². The molecule has 4 heteroatoms. The molecule has 2 aromatic rings. The predicted molar refractivity (Wildman–Crippen MR) is 89.3 cm³/mol. The van der Waals surface area contributed by atoms with Crippen LogP contribution in [-0.2, 0) is 0 Å². The Morgan fingerprint density at radius 3 is 2.30 bits per heavy atom. The highest BCUT2D eigenvalue weighted by atomic mass is 32.1. The Bertz CT molecular complexity index is 601. The molecule has 0 aliphatic rings. The smallest absolute Gasteiger partial charge is 0.191 e. The minimum absolute atomic E-state index is 0.481. The molecule has 0 spiro atoms. The number of nitrogens with one attached hydrogen (secondary N) is 2. The number of thiocarbonyl (C=S) groups is 1. The molecule has 0 radical (unpaired) electrons. The van der Waals surface area contributed by atoms with E-state index < -0.39 is 0 Å². The Morgan fingerprint density at radius 2 is 1.65 bits per heavy atom. The summed E-state index contributed by atoms with van der Waals surface area (Å²) in [7, 11) is 0. The molecule has 0 atom stereocenters. The van der Waals surface area contributed by atoms with Crippen LogP contribution in [0.2, 0.25) is 0 Å². The fourth-order valence-corrected chi connectivity index (χ4v) is 2.01. The van der Waals surface area contributed by atoms with E-state index in [1.165, 1.54) is 0 Å². The molecule has 3 nitrogen and oxygen atoms in total. The third kappa shape index (κ3) is 3.90. The van der Waals surface area contributed by atoms with Gasteiger partial charge in [0.15, 0.2) is 5.11 Å². The highest BCUT2D eigenvalue weighted by Crippen LogP contribution is 2.18. The molecule has 0 aliphatic heterocycles. The second-order valence-electron chi connectivity index (χ2n) is 4.50. The van der Waals surface area contributed by atoms with Gasteiger partial charge in [-0.3, -0.25) is 5.43 Å². The van der Waals surface area contributed by atoms with Crippen molar-refractivity contribution >= 4 is 29.2 Å². The fraction of sp³-hybridized carbons (Fsp3) is 0.125. The summed E-state index contributed by atoms with van der Waals surface area (Å²) in [4.78, 5) is 0. The van der Waals surface area contributed by atoms with Crippen LogP contribution in [0.5, 0.6) is 0 Å². The van der Waals surface area contributed by atoms with Crippen molar-refractivity contribution in [1.29, 1.82) is 0 Å². The lowest BCUT2D eigenvalue weighted by atomic mass is 10.1. The number of hydrogen-bond donors (Lipinski definition) is 2. The first-order valence-corrected chi connectivity index (χ1v) is 6.79. The van der Waals surface area contributed by atoms with Gasteiger partial charge in [-0.15, -0.1) is 0 Å². The number of anilines is 1. The Labute approximate surface area is 124 Å². The topological polar surface area (TPSA) is 36.4 Å². The number of nitrogens with zero attached hydrogens (tertiary/aromatic N) is 1. The number of hydrazone groups is 1. The van der Waals surface area contributed by atoms with E-state index in [9.17, 15) is 0 Å². The molecule has 0 saturated carbocycles. The first-order valence-electron chi connectivity index (χ1n) is 6.38. The van der Waals surface area contributed by atoms with E-state index in [0.717, 1.165) is 22.4 Å². The zero-order chi connectivity index (χ0) is 14.4. The average molecular weight is 283 g/mol. The van der Waals surface area contributed by atoms with Crippen molar-refractivity contribution < 1.29 is 0 Å². The van der Waals surface area contributed by atoms with Gasteiger partial charge in [0.2, 0.25) is 0 Å². The third-order valence-corrected chi connectivity index (χ3v) is 3.09. The second-order valence-corrected chi connectivity index (χ2v) is 4.91. The summed E-state index contributed by atoms with van der Waals surface area (Å²) in [6.45, 7) is 4.09. The van der Waals surface area contributed by atoms with Gasteiger partial charge in [0.05, 0.1) is 6.21 Å². The number of hydrogen-bond acceptors (Lipinski definition) is 2. The van der Waals surface area contributed by atoms with Crippen LogP contribution >= 0.6 is 12.2 Å². The van der Waals surface area contributed by atoms with Gasteiger partial charge in [0.25, 0.3) is 0 Å². The van der Waals surface area contributed by atoms with Gasteiger partial charge in [-0.2, -0.15) is 5.10 Å². The lowest BCUT2D eigenvalue weighted by Crippen LogP contribution is -2.24. The minimum Gasteiger partial charge on any atom is -0.331 e. The number of aryl methyl sites for hydroxylation is 2. The van der Waals surface area contributed by atoms with Crippen LogP contribution in [0.15, 0.2) is 53.6 Å². The molecule has 0 unspecified atom stereocenters. The van der Waals surface area contributed by atoms with Gasteiger partial charge in [0, 0.05) is 5.69 Å². The normalized spacial score (nSPS) is 10.5. The SMILES string of the molecule is Cc1cccc(C)c1NC(=S)NN=Cc1ccccc1. The van der Waals surface area contributed by atoms with Crippen molar-refractivity contribution in [2.24, 2.45) is 5.10 Å². The van der Waals surface area contributed by atoms with Crippen LogP contribution in [0.4, 0.5) is 5.69 Å². The summed E-state index contributed by atoms with van der Waals surface area (Å²) in [6, 6.07) is 16.0. The van der Waals surface area contributed by atoms with Crippen LogP contribution < -0.4 is 10.7 Å². The van der Waals surface area contributed by atoms with E-state index in [4.69, 9.17) is 12.2 Å². The standard InChI is InChI=1S/C16H17N3S/c1-12-7-6-8-13(2)15(12)18-16(20)19-17-11-14-9-4-3-5-10-14/h3-11H,1-2H3,(H2,18,19,20). The predicted octanol–water partition coefficient (Wildman–Crippen LogP) is 3.62. The van der Waals surface area contributed by atoms with E-state index in [0.29, 0.717) is 5.11 Å². The maximum Gasteiger partial charge on any atom is 0.191 e. The van der Waals surface area contributed by atoms with Crippen molar-refractivity contribution in [1.82, 2.24) is 5.43 Å². The first kappa shape index (κ1) is 14.2. The lowest BCUT2D eigenvalue weighted by Gasteiger charge is -2.12. The van der Waals surface area contributed by atoms with E-state index >= 15 is 0 Å². The van der Waals surface area contributed by atoms with E-state index in [1.807, 2.05) is 62.4 Å². The first-order chi connectivity index (χ1) is 9.66. The second kappa shape index (κ2) is 6.82. The summed E-state index contributed by atoms with van der Waals surface area (Å²) in [5.41, 5.74) is 7.18. The van der Waals surface area contributed by atoms with Gasteiger partial charge in [-0.05, 0) is 42.8 Å². The van der Waals surface area contributed by atoms with Gasteiger partial charge in [-0.25, -0.2) is 0 Å². The zero-order valence-electron chi connectivity index (χ0n) is 11.6. The molecule has 0 heterocycles. The van der Waals surface area contributed by atoms with Crippen molar-refractivity contribution in [2.75, 3.05) is 5.32 Å². The summed E-state index contributed by atoms with van der Waals surface area (Å²) in [5, 5.41) is 7.77. The van der Waals surface area contributed by atoms with Crippen LogP contribution in [0, 0.1) is 13.8 Å². The zero-order valence-corrected chi connectivity index (χ0v) is 12.4. The van der Waals surface area contributed by atoms with Crippen molar-refractivity contribution in [3.8, 4) is 0 Å². The number of rotatable bonds is 3. The summed E-state index contributed by atoms with van der Waals surface area (Å²) < 4.78 is 0. The Kier molecular flexibility index (Phi) is 4.85. The van der Waals surface area contributed by atoms with Crippen LogP contribution in [0.3, 0.4) is 0 Å². The van der Waals surface area contributed by atoms with Crippen LogP contribution in [0.1, 0.15) is 16.7 Å². The quantitative estimate of drug-likeness (QED) is 0.513. The molecule has 102 valence electrons. The van der Waals surface area contributed by atoms with E-state index in [2.05, 4.69) is 15.8 Å². The number of benzene rings is 2. The van der Waals surface area contributed by atoms with Crippen LogP contribution in [-0.4, -0.2) is 11.3 Å². The monoisotopic (exact) mass is 283 g/mol. The van der Waals surface area contributed by atoms with Gasteiger partial charge in [0.1, 0.15) is 0 Å². The molecule has 0 aromatic heterocycles. The third-order valence-electron chi connectivity index (χ3n) is 2.90. The summed E-state index contributed by atoms with van der Waals surface area (Å²) in [6.07, 6.45) is 1.73. The Balaban J connectivity index is 1.95. The van der Waals surface area contributed by atoms with Crippen molar-refractivity contribution in [2.45, 2.75) is 13.8 Å². The lowest BCUT2D eigenvalue weighted by molar-refractivity contribution is 1.05. The Morgan fingerprint density at radius 1 is 1.00 bits per heavy atom. The molecular weight excluding hydrogens is 266 g/mol. The number of para-hydroxylation sites is 1. The van der Waals surface area contributed by atoms with Gasteiger partial charge < -0.3 is 5.32 Å². The highest BCUT2D eigenvalue weighted by molar-refractivity contribution is 7.80. The molecule has 0 bridgehead atoms. The molecule has 2 aromatic carbocycles. The molecule has 2 rings (SSSR count). The van der Waals surface area contributed by atoms with Gasteiger partial charge in [-0.1, -0.05) is 48.5 Å². The summed E-state index contributed by atoms with van der Waals surface area (Å²) in [5.74, 6) is 0. The maximum atomic E-state index is 5.23. The average Bonchev–Trinajstić information content (AvgIpc) is 2.44. The molecule has 2 N–H and O–H groups in total. The molecule has 0 aliphatic carbocycles. The Hall–Kier alpha value is -2.20. The summed E-state index contributed by atoms with van der Waals surface area (Å²) >= 11 is 5.23. The van der Waals surface area contributed by atoms with Gasteiger partial charge >= 0.3 is 0 Å². The minimum atomic E-state index is 0.481. The fourth-order valence-electron chi connectivity index (χ4n) is 1.86. The van der Waals surface area contributed by atoms with Crippen molar-refractivity contribution in [3.05, 3.63) is 65.2 Å². The highest BCUT2D eigenvalue weighted by Gasteiger charge is 2.03. The molecule has 0 saturated heterocycles.